The zero-order chi connectivity index (χ0) is 10.3. The summed E-state index contributed by atoms with van der Waals surface area (Å²) in [7, 11) is 1.36. The molecule has 2 rings (SSSR count). The van der Waals surface area contributed by atoms with Gasteiger partial charge >= 0.3 is 0 Å². The van der Waals surface area contributed by atoms with Crippen LogP contribution < -0.4 is 0 Å². The van der Waals surface area contributed by atoms with E-state index < -0.39 is 30.7 Å². The summed E-state index contributed by atoms with van der Waals surface area (Å²) in [6.07, 6.45) is -5.37. The molecular formula is C8H14O6. The number of rotatable bonds is 2. The Kier molecular flexibility index (Phi) is 2.74. The SMILES string of the molecule is CO[C@H]1O[C@H]([C@@H]2CO2)[C@@H](O)[C@H](O)[C@H]1O. The highest BCUT2D eigenvalue weighted by Gasteiger charge is 2.50. The summed E-state index contributed by atoms with van der Waals surface area (Å²) in [6.45, 7) is 0.501. The summed E-state index contributed by atoms with van der Waals surface area (Å²) in [5.74, 6) is 0. The Morgan fingerprint density at radius 1 is 1.14 bits per heavy atom. The fraction of sp³-hybridized carbons (Fsp3) is 1.00. The normalized spacial score (nSPS) is 53.1. The van der Waals surface area contributed by atoms with Crippen molar-refractivity contribution in [2.24, 2.45) is 0 Å². The minimum atomic E-state index is -1.26. The van der Waals surface area contributed by atoms with Crippen molar-refractivity contribution in [3.63, 3.8) is 0 Å². The van der Waals surface area contributed by atoms with Gasteiger partial charge in [0.15, 0.2) is 6.29 Å². The van der Waals surface area contributed by atoms with E-state index in [1.807, 2.05) is 0 Å². The fourth-order valence-corrected chi connectivity index (χ4v) is 1.62. The molecule has 82 valence electrons. The average Bonchev–Trinajstić information content (AvgIpc) is 2.98. The van der Waals surface area contributed by atoms with Gasteiger partial charge in [-0.15, -0.1) is 0 Å². The van der Waals surface area contributed by atoms with Crippen LogP contribution in [0.4, 0.5) is 0 Å². The molecular weight excluding hydrogens is 192 g/mol. The molecule has 0 aromatic carbocycles. The van der Waals surface area contributed by atoms with Gasteiger partial charge in [-0.3, -0.25) is 0 Å². The highest BCUT2D eigenvalue weighted by molar-refractivity contribution is 4.96. The number of hydrogen-bond donors (Lipinski definition) is 3. The Labute approximate surface area is 81.0 Å². The molecule has 0 radical (unpaired) electrons. The first-order valence-electron chi connectivity index (χ1n) is 4.49. The van der Waals surface area contributed by atoms with E-state index in [2.05, 4.69) is 0 Å². The summed E-state index contributed by atoms with van der Waals surface area (Å²) >= 11 is 0. The second kappa shape index (κ2) is 3.73. The molecule has 2 aliphatic rings. The molecule has 2 saturated heterocycles. The maximum atomic E-state index is 9.56. The number of aliphatic hydroxyl groups excluding tert-OH is 3. The van der Waals surface area contributed by atoms with Gasteiger partial charge in [0.2, 0.25) is 0 Å². The van der Waals surface area contributed by atoms with Crippen molar-refractivity contribution in [2.75, 3.05) is 13.7 Å². The van der Waals surface area contributed by atoms with Crippen LogP contribution in [0.5, 0.6) is 0 Å². The molecule has 6 atom stereocenters. The fourth-order valence-electron chi connectivity index (χ4n) is 1.62. The molecule has 0 aliphatic carbocycles. The second-order valence-electron chi connectivity index (χ2n) is 3.55. The van der Waals surface area contributed by atoms with Crippen molar-refractivity contribution in [3.8, 4) is 0 Å². The molecule has 14 heavy (non-hydrogen) atoms. The average molecular weight is 206 g/mol. The van der Waals surface area contributed by atoms with E-state index in [-0.39, 0.29) is 6.10 Å². The van der Waals surface area contributed by atoms with Gasteiger partial charge in [0, 0.05) is 7.11 Å². The van der Waals surface area contributed by atoms with Crippen LogP contribution in [0.2, 0.25) is 0 Å². The number of aliphatic hydroxyl groups is 3. The Bertz CT molecular complexity index is 204. The number of epoxide rings is 1. The van der Waals surface area contributed by atoms with Crippen LogP contribution in [0, 0.1) is 0 Å². The van der Waals surface area contributed by atoms with Gasteiger partial charge in [0.05, 0.1) is 6.61 Å². The quantitative estimate of drug-likeness (QED) is 0.446. The lowest BCUT2D eigenvalue weighted by Gasteiger charge is -2.39. The summed E-state index contributed by atoms with van der Waals surface area (Å²) in [4.78, 5) is 0. The minimum Gasteiger partial charge on any atom is -0.387 e. The number of methoxy groups -OCH3 is 1. The first kappa shape index (κ1) is 10.3. The van der Waals surface area contributed by atoms with E-state index in [0.29, 0.717) is 6.61 Å². The van der Waals surface area contributed by atoms with Crippen molar-refractivity contribution < 1.29 is 29.5 Å². The molecule has 0 amide bonds. The zero-order valence-electron chi connectivity index (χ0n) is 7.74. The molecule has 2 aliphatic heterocycles. The van der Waals surface area contributed by atoms with Crippen molar-refractivity contribution in [3.05, 3.63) is 0 Å². The van der Waals surface area contributed by atoms with Crippen LogP contribution in [0.1, 0.15) is 0 Å². The topological polar surface area (TPSA) is 91.7 Å². The van der Waals surface area contributed by atoms with E-state index >= 15 is 0 Å². The minimum absolute atomic E-state index is 0.204. The molecule has 6 nitrogen and oxygen atoms in total. The summed E-state index contributed by atoms with van der Waals surface area (Å²) in [5.41, 5.74) is 0. The van der Waals surface area contributed by atoms with E-state index in [1.54, 1.807) is 0 Å². The number of hydrogen-bond acceptors (Lipinski definition) is 6. The van der Waals surface area contributed by atoms with Gasteiger partial charge in [0.25, 0.3) is 0 Å². The predicted octanol–water partition coefficient (Wildman–Crippen LogP) is -2.16. The van der Waals surface area contributed by atoms with Crippen molar-refractivity contribution in [2.45, 2.75) is 36.8 Å². The third kappa shape index (κ3) is 1.65. The Hall–Kier alpha value is -0.240. The monoisotopic (exact) mass is 206 g/mol. The van der Waals surface area contributed by atoms with Crippen LogP contribution in [0.3, 0.4) is 0 Å². The van der Waals surface area contributed by atoms with Crippen molar-refractivity contribution in [1.82, 2.24) is 0 Å². The molecule has 2 heterocycles. The predicted molar refractivity (Wildman–Crippen MR) is 43.4 cm³/mol. The third-order valence-corrected chi connectivity index (χ3v) is 2.56. The van der Waals surface area contributed by atoms with E-state index in [1.165, 1.54) is 7.11 Å². The van der Waals surface area contributed by atoms with Gasteiger partial charge in [-0.1, -0.05) is 0 Å². The Balaban J connectivity index is 2.05. The van der Waals surface area contributed by atoms with Gasteiger partial charge in [-0.25, -0.2) is 0 Å². The molecule has 0 saturated carbocycles. The highest BCUT2D eigenvalue weighted by atomic mass is 16.7. The molecule has 0 unspecified atom stereocenters. The highest BCUT2D eigenvalue weighted by Crippen LogP contribution is 2.29. The standard InChI is InChI=1S/C8H14O6/c1-12-8-6(11)4(9)5(10)7(14-8)3-2-13-3/h3-11H,2H2,1H3/t3-,4-,5-,6+,7+,8-/m0/s1. The van der Waals surface area contributed by atoms with Crippen LogP contribution in [-0.4, -0.2) is 65.8 Å². The molecule has 2 fully saturated rings. The van der Waals surface area contributed by atoms with Crippen LogP contribution in [0.25, 0.3) is 0 Å². The van der Waals surface area contributed by atoms with Gasteiger partial charge in [-0.2, -0.15) is 0 Å². The molecule has 0 spiro atoms. The van der Waals surface area contributed by atoms with Gasteiger partial charge in [0.1, 0.15) is 30.5 Å². The summed E-state index contributed by atoms with van der Waals surface area (Å²) in [6, 6.07) is 0. The molecule has 0 aromatic rings. The van der Waals surface area contributed by atoms with E-state index in [0.717, 1.165) is 0 Å². The van der Waals surface area contributed by atoms with Gasteiger partial charge in [-0.05, 0) is 0 Å². The van der Waals surface area contributed by atoms with Crippen LogP contribution >= 0.6 is 0 Å². The van der Waals surface area contributed by atoms with Gasteiger partial charge < -0.3 is 29.5 Å². The first-order valence-corrected chi connectivity index (χ1v) is 4.49. The second-order valence-corrected chi connectivity index (χ2v) is 3.55. The lowest BCUT2D eigenvalue weighted by Crippen LogP contribution is -2.59. The number of ether oxygens (including phenoxy) is 3. The zero-order valence-corrected chi connectivity index (χ0v) is 7.74. The molecule has 0 bridgehead atoms. The Morgan fingerprint density at radius 2 is 1.79 bits per heavy atom. The third-order valence-electron chi connectivity index (χ3n) is 2.56. The summed E-state index contributed by atoms with van der Waals surface area (Å²) in [5, 5.41) is 28.5. The molecule has 6 heteroatoms. The van der Waals surface area contributed by atoms with Crippen LogP contribution in [0.15, 0.2) is 0 Å². The Morgan fingerprint density at radius 3 is 2.29 bits per heavy atom. The lowest BCUT2D eigenvalue weighted by atomic mass is 9.97. The summed E-state index contributed by atoms with van der Waals surface area (Å²) < 4.78 is 15.0. The smallest absolute Gasteiger partial charge is 0.186 e. The van der Waals surface area contributed by atoms with Crippen LogP contribution in [-0.2, 0) is 14.2 Å². The van der Waals surface area contributed by atoms with E-state index in [4.69, 9.17) is 14.2 Å². The first-order chi connectivity index (χ1) is 6.65. The van der Waals surface area contributed by atoms with Crippen molar-refractivity contribution in [1.29, 1.82) is 0 Å². The van der Waals surface area contributed by atoms with E-state index in [9.17, 15) is 15.3 Å². The maximum Gasteiger partial charge on any atom is 0.186 e. The van der Waals surface area contributed by atoms with Crippen molar-refractivity contribution >= 4 is 0 Å². The molecule has 3 N–H and O–H groups in total. The molecule has 0 aromatic heterocycles. The largest absolute Gasteiger partial charge is 0.387 e. The maximum absolute atomic E-state index is 9.56. The lowest BCUT2D eigenvalue weighted by molar-refractivity contribution is -0.292.